The molecule has 27 heavy (non-hydrogen) atoms. The van der Waals surface area contributed by atoms with Gasteiger partial charge in [-0.25, -0.2) is 0 Å². The highest BCUT2D eigenvalue weighted by atomic mass is 16.5. The molecule has 0 aliphatic carbocycles. The molecule has 2 rings (SSSR count). The summed E-state index contributed by atoms with van der Waals surface area (Å²) in [6.45, 7) is 10.6. The lowest BCUT2D eigenvalue weighted by Gasteiger charge is -2.25. The molecule has 0 aromatic heterocycles. The lowest BCUT2D eigenvalue weighted by atomic mass is 10.0. The van der Waals surface area contributed by atoms with Crippen molar-refractivity contribution in [2.45, 2.75) is 39.3 Å². The number of rotatable bonds is 8. The smallest absolute Gasteiger partial charge is 0.263 e. The molecule has 0 saturated carbocycles. The topological polar surface area (TPSA) is 53.3 Å². The van der Waals surface area contributed by atoms with Crippen LogP contribution in [0.1, 0.15) is 43.4 Å². The van der Waals surface area contributed by atoms with Crippen LogP contribution in [0.5, 0.6) is 5.75 Å². The Bertz CT molecular complexity index is 819. The van der Waals surface area contributed by atoms with Crippen molar-refractivity contribution in [2.24, 2.45) is 0 Å². The summed E-state index contributed by atoms with van der Waals surface area (Å²) in [5.41, 5.74) is 2.73. The predicted octanol–water partition coefficient (Wildman–Crippen LogP) is 4.66. The van der Waals surface area contributed by atoms with Gasteiger partial charge < -0.3 is 9.64 Å². The zero-order valence-electron chi connectivity index (χ0n) is 16.2. The van der Waals surface area contributed by atoms with Crippen molar-refractivity contribution >= 4 is 5.91 Å². The second-order valence-corrected chi connectivity index (χ2v) is 6.80. The average Bonchev–Trinajstić information content (AvgIpc) is 2.67. The highest BCUT2D eigenvalue weighted by Crippen LogP contribution is 2.21. The van der Waals surface area contributed by atoms with E-state index in [0.29, 0.717) is 30.3 Å². The number of nitrogens with zero attached hydrogens (tertiary/aromatic N) is 2. The van der Waals surface area contributed by atoms with Gasteiger partial charge in [0, 0.05) is 13.1 Å². The molecule has 0 saturated heterocycles. The molecule has 140 valence electrons. The van der Waals surface area contributed by atoms with Crippen LogP contribution in [0, 0.1) is 11.3 Å². The van der Waals surface area contributed by atoms with E-state index in [1.54, 1.807) is 30.0 Å². The van der Waals surface area contributed by atoms with E-state index in [1.807, 2.05) is 30.3 Å². The summed E-state index contributed by atoms with van der Waals surface area (Å²) in [6.07, 6.45) is 1.10. The minimum absolute atomic E-state index is 0.103. The quantitative estimate of drug-likeness (QED) is 0.642. The summed E-state index contributed by atoms with van der Waals surface area (Å²) in [5, 5.41) is 8.91. The van der Waals surface area contributed by atoms with Gasteiger partial charge >= 0.3 is 0 Å². The molecule has 1 atom stereocenters. The summed E-state index contributed by atoms with van der Waals surface area (Å²) in [7, 11) is 0. The Hall–Kier alpha value is -3.06. The van der Waals surface area contributed by atoms with Crippen LogP contribution < -0.4 is 4.74 Å². The van der Waals surface area contributed by atoms with Gasteiger partial charge in [-0.3, -0.25) is 4.79 Å². The molecular formula is C23H26N2O2. The van der Waals surface area contributed by atoms with E-state index in [9.17, 15) is 4.79 Å². The standard InChI is InChI=1S/C23H26N2O2/c1-5-13-25(16-20-11-9-19(15-24)10-12-20)23(26)18(4)27-22-8-6-7-21(14-22)17(2)3/h5-12,14,17-18H,1,13,16H2,2-4H3. The Kier molecular flexibility index (Phi) is 7.19. The molecule has 0 N–H and O–H groups in total. The highest BCUT2D eigenvalue weighted by Gasteiger charge is 2.21. The molecule has 0 bridgehead atoms. The van der Waals surface area contributed by atoms with Crippen LogP contribution in [0.25, 0.3) is 0 Å². The molecule has 0 aliphatic rings. The second kappa shape index (κ2) is 9.59. The highest BCUT2D eigenvalue weighted by molar-refractivity contribution is 5.81. The van der Waals surface area contributed by atoms with Gasteiger partial charge in [0.25, 0.3) is 5.91 Å². The van der Waals surface area contributed by atoms with Gasteiger partial charge in [0.2, 0.25) is 0 Å². The first-order valence-corrected chi connectivity index (χ1v) is 9.10. The van der Waals surface area contributed by atoms with Crippen molar-refractivity contribution in [2.75, 3.05) is 6.54 Å². The maximum atomic E-state index is 12.9. The van der Waals surface area contributed by atoms with Crippen molar-refractivity contribution in [1.29, 1.82) is 5.26 Å². The van der Waals surface area contributed by atoms with E-state index in [1.165, 1.54) is 5.56 Å². The average molecular weight is 362 g/mol. The van der Waals surface area contributed by atoms with Gasteiger partial charge in [-0.15, -0.1) is 6.58 Å². The van der Waals surface area contributed by atoms with Crippen molar-refractivity contribution in [1.82, 2.24) is 4.90 Å². The zero-order valence-corrected chi connectivity index (χ0v) is 16.2. The number of nitriles is 1. The first kappa shape index (κ1) is 20.3. The van der Waals surface area contributed by atoms with Gasteiger partial charge in [-0.1, -0.05) is 44.2 Å². The Labute approximate surface area is 161 Å². The van der Waals surface area contributed by atoms with Crippen molar-refractivity contribution < 1.29 is 9.53 Å². The fraction of sp³-hybridized carbons (Fsp3) is 0.304. The summed E-state index contributed by atoms with van der Waals surface area (Å²) >= 11 is 0. The fourth-order valence-electron chi connectivity index (χ4n) is 2.75. The second-order valence-electron chi connectivity index (χ2n) is 6.80. The number of carbonyl (C=O) groups excluding carboxylic acids is 1. The number of carbonyl (C=O) groups is 1. The molecule has 2 aromatic carbocycles. The predicted molar refractivity (Wildman–Crippen MR) is 107 cm³/mol. The van der Waals surface area contributed by atoms with E-state index in [4.69, 9.17) is 10.00 Å². The van der Waals surface area contributed by atoms with Crippen LogP contribution >= 0.6 is 0 Å². The Balaban J connectivity index is 2.09. The lowest BCUT2D eigenvalue weighted by Crippen LogP contribution is -2.40. The number of benzene rings is 2. The fourth-order valence-corrected chi connectivity index (χ4v) is 2.75. The summed E-state index contributed by atoms with van der Waals surface area (Å²) in [5.74, 6) is 0.987. The van der Waals surface area contributed by atoms with Crippen LogP contribution in [0.3, 0.4) is 0 Å². The number of amides is 1. The molecule has 4 heteroatoms. The van der Waals surface area contributed by atoms with Gasteiger partial charge in [0.1, 0.15) is 5.75 Å². The van der Waals surface area contributed by atoms with Gasteiger partial charge in [0.05, 0.1) is 11.6 Å². The maximum absolute atomic E-state index is 12.9. The molecule has 1 amide bonds. The van der Waals surface area contributed by atoms with Gasteiger partial charge in [0.15, 0.2) is 6.10 Å². The molecule has 0 radical (unpaired) electrons. The van der Waals surface area contributed by atoms with E-state index in [0.717, 1.165) is 5.56 Å². The first-order chi connectivity index (χ1) is 12.9. The summed E-state index contributed by atoms with van der Waals surface area (Å²) < 4.78 is 5.90. The maximum Gasteiger partial charge on any atom is 0.263 e. The summed E-state index contributed by atoms with van der Waals surface area (Å²) in [4.78, 5) is 14.6. The third-order valence-electron chi connectivity index (χ3n) is 4.30. The molecule has 0 heterocycles. The lowest BCUT2D eigenvalue weighted by molar-refractivity contribution is -0.138. The third kappa shape index (κ3) is 5.72. The molecule has 2 aromatic rings. The monoisotopic (exact) mass is 362 g/mol. The normalized spacial score (nSPS) is 11.5. The molecule has 1 unspecified atom stereocenters. The SMILES string of the molecule is C=CCN(Cc1ccc(C#N)cc1)C(=O)C(C)Oc1cccc(C(C)C)c1. The van der Waals surface area contributed by atoms with Crippen molar-refractivity contribution in [3.05, 3.63) is 77.9 Å². The first-order valence-electron chi connectivity index (χ1n) is 9.10. The van der Waals surface area contributed by atoms with E-state index in [-0.39, 0.29) is 5.91 Å². The van der Waals surface area contributed by atoms with Gasteiger partial charge in [-0.05, 0) is 48.2 Å². The molecule has 4 nitrogen and oxygen atoms in total. The molecule has 0 spiro atoms. The summed E-state index contributed by atoms with van der Waals surface area (Å²) in [6, 6.07) is 17.2. The van der Waals surface area contributed by atoms with Crippen molar-refractivity contribution in [3.63, 3.8) is 0 Å². The van der Waals surface area contributed by atoms with Crippen molar-refractivity contribution in [3.8, 4) is 11.8 Å². The Morgan fingerprint density at radius 1 is 1.22 bits per heavy atom. The third-order valence-corrected chi connectivity index (χ3v) is 4.30. The number of hydrogen-bond acceptors (Lipinski definition) is 3. The molecular weight excluding hydrogens is 336 g/mol. The zero-order chi connectivity index (χ0) is 19.8. The Morgan fingerprint density at radius 3 is 2.52 bits per heavy atom. The largest absolute Gasteiger partial charge is 0.481 e. The van der Waals surface area contributed by atoms with Crippen LogP contribution in [-0.4, -0.2) is 23.5 Å². The molecule has 0 fully saturated rings. The minimum Gasteiger partial charge on any atom is -0.481 e. The number of hydrogen-bond donors (Lipinski definition) is 0. The minimum atomic E-state index is -0.606. The van der Waals surface area contributed by atoms with E-state index >= 15 is 0 Å². The number of ether oxygens (including phenoxy) is 1. The van der Waals surface area contributed by atoms with E-state index in [2.05, 4.69) is 32.6 Å². The van der Waals surface area contributed by atoms with Crippen LogP contribution in [-0.2, 0) is 11.3 Å². The van der Waals surface area contributed by atoms with Crippen LogP contribution in [0.15, 0.2) is 61.2 Å². The Morgan fingerprint density at radius 2 is 1.93 bits per heavy atom. The van der Waals surface area contributed by atoms with Crippen LogP contribution in [0.4, 0.5) is 0 Å². The van der Waals surface area contributed by atoms with E-state index < -0.39 is 6.10 Å². The molecule has 0 aliphatic heterocycles. The van der Waals surface area contributed by atoms with Gasteiger partial charge in [-0.2, -0.15) is 5.26 Å². The van der Waals surface area contributed by atoms with Crippen LogP contribution in [0.2, 0.25) is 0 Å².